The number of nitrogens with one attached hydrogen (secondary N) is 2. The molecule has 0 aliphatic rings. The highest BCUT2D eigenvalue weighted by atomic mass is 35.5. The minimum atomic E-state index is -0.279. The highest BCUT2D eigenvalue weighted by Crippen LogP contribution is 2.26. The highest BCUT2D eigenvalue weighted by Gasteiger charge is 2.08. The normalized spacial score (nSPS) is 10.3. The molecule has 3 rings (SSSR count). The van der Waals surface area contributed by atoms with Gasteiger partial charge in [-0.1, -0.05) is 48.0 Å². The number of hydrogen-bond donors (Lipinski definition) is 2. The Kier molecular flexibility index (Phi) is 4.95. The van der Waals surface area contributed by atoms with Crippen molar-refractivity contribution in [3.63, 3.8) is 0 Å². The van der Waals surface area contributed by atoms with Crippen molar-refractivity contribution in [1.29, 1.82) is 0 Å². The van der Waals surface area contributed by atoms with Gasteiger partial charge >= 0.3 is 6.03 Å². The molecule has 0 atom stereocenters. The molecular weight excluding hydrogens is 328 g/mol. The number of amides is 2. The van der Waals surface area contributed by atoms with Crippen LogP contribution >= 0.6 is 22.9 Å². The van der Waals surface area contributed by atoms with Gasteiger partial charge in [0, 0.05) is 6.54 Å². The molecule has 0 fully saturated rings. The van der Waals surface area contributed by atoms with E-state index in [2.05, 4.69) is 28.1 Å². The van der Waals surface area contributed by atoms with E-state index in [-0.39, 0.29) is 6.03 Å². The van der Waals surface area contributed by atoms with Crippen LogP contribution in [0.1, 0.15) is 5.56 Å². The summed E-state index contributed by atoms with van der Waals surface area (Å²) in [5.74, 6) is 0. The Balaban J connectivity index is 1.67. The molecule has 2 aromatic carbocycles. The van der Waals surface area contributed by atoms with Crippen LogP contribution < -0.4 is 10.6 Å². The molecule has 0 saturated heterocycles. The van der Waals surface area contributed by atoms with E-state index < -0.39 is 0 Å². The average Bonchev–Trinajstić information content (AvgIpc) is 3.10. The molecule has 0 saturated carbocycles. The van der Waals surface area contributed by atoms with Crippen LogP contribution in [0.3, 0.4) is 0 Å². The summed E-state index contributed by atoms with van der Waals surface area (Å²) in [6, 6.07) is 17.0. The zero-order valence-corrected chi connectivity index (χ0v) is 13.8. The molecule has 2 amide bonds. The standard InChI is InChI=1S/C18H15ClN2OS/c19-16-7-3-4-8-17(16)21-18(22)20-11-13-5-1-2-6-15(13)14-9-10-23-12-14/h1-10,12H,11H2,(H2,20,21,22). The van der Waals surface area contributed by atoms with E-state index in [4.69, 9.17) is 11.6 Å². The predicted molar refractivity (Wildman–Crippen MR) is 97.1 cm³/mol. The number of carbonyl (C=O) groups excluding carboxylic acids is 1. The number of anilines is 1. The smallest absolute Gasteiger partial charge is 0.319 e. The summed E-state index contributed by atoms with van der Waals surface area (Å²) in [6.07, 6.45) is 0. The molecule has 0 spiro atoms. The molecule has 3 nitrogen and oxygen atoms in total. The van der Waals surface area contributed by atoms with Gasteiger partial charge in [-0.05, 0) is 45.6 Å². The molecule has 3 aromatic rings. The fourth-order valence-corrected chi connectivity index (χ4v) is 3.12. The lowest BCUT2D eigenvalue weighted by molar-refractivity contribution is 0.252. The van der Waals surface area contributed by atoms with Gasteiger partial charge in [-0.15, -0.1) is 0 Å². The monoisotopic (exact) mass is 342 g/mol. The van der Waals surface area contributed by atoms with E-state index in [1.165, 1.54) is 5.56 Å². The average molecular weight is 343 g/mol. The lowest BCUT2D eigenvalue weighted by Gasteiger charge is -2.11. The Hall–Kier alpha value is -2.30. The molecule has 0 aliphatic carbocycles. The first-order chi connectivity index (χ1) is 11.2. The van der Waals surface area contributed by atoms with Gasteiger partial charge in [-0.3, -0.25) is 0 Å². The van der Waals surface area contributed by atoms with Crippen LogP contribution in [-0.2, 0) is 6.54 Å². The highest BCUT2D eigenvalue weighted by molar-refractivity contribution is 7.08. The van der Waals surface area contributed by atoms with Crippen molar-refractivity contribution in [3.8, 4) is 11.1 Å². The first-order valence-corrected chi connectivity index (χ1v) is 8.46. The maximum Gasteiger partial charge on any atom is 0.319 e. The van der Waals surface area contributed by atoms with Gasteiger partial charge in [0.1, 0.15) is 0 Å². The van der Waals surface area contributed by atoms with Gasteiger partial charge in [0.25, 0.3) is 0 Å². The minimum absolute atomic E-state index is 0.279. The van der Waals surface area contributed by atoms with Crippen molar-refractivity contribution in [3.05, 3.63) is 75.9 Å². The Bertz CT molecular complexity index is 802. The van der Waals surface area contributed by atoms with Crippen LogP contribution in [-0.4, -0.2) is 6.03 Å². The predicted octanol–water partition coefficient (Wildman–Crippen LogP) is 5.39. The molecular formula is C18H15ClN2OS. The van der Waals surface area contributed by atoms with Crippen molar-refractivity contribution in [2.24, 2.45) is 0 Å². The molecule has 0 aliphatic heterocycles. The Morgan fingerprint density at radius 2 is 1.83 bits per heavy atom. The van der Waals surface area contributed by atoms with Gasteiger partial charge in [0.15, 0.2) is 0 Å². The zero-order chi connectivity index (χ0) is 16.1. The second-order valence-electron chi connectivity index (χ2n) is 4.96. The first kappa shape index (κ1) is 15.6. The van der Waals surface area contributed by atoms with Crippen LogP contribution in [0.4, 0.5) is 10.5 Å². The molecule has 23 heavy (non-hydrogen) atoms. The van der Waals surface area contributed by atoms with Crippen LogP contribution in [0, 0.1) is 0 Å². The summed E-state index contributed by atoms with van der Waals surface area (Å²) in [5.41, 5.74) is 3.96. The Labute approximate surface area is 143 Å². The van der Waals surface area contributed by atoms with Crippen LogP contribution in [0.5, 0.6) is 0 Å². The van der Waals surface area contributed by atoms with Crippen molar-refractivity contribution >= 4 is 34.7 Å². The SMILES string of the molecule is O=C(NCc1ccccc1-c1ccsc1)Nc1ccccc1Cl. The van der Waals surface area contributed by atoms with Gasteiger partial charge in [-0.25, -0.2) is 4.79 Å². The fraction of sp³-hybridized carbons (Fsp3) is 0.0556. The van der Waals surface area contributed by atoms with E-state index in [1.807, 2.05) is 35.7 Å². The minimum Gasteiger partial charge on any atom is -0.334 e. The van der Waals surface area contributed by atoms with E-state index in [9.17, 15) is 4.79 Å². The molecule has 0 bridgehead atoms. The summed E-state index contributed by atoms with van der Waals surface area (Å²) in [5, 5.41) is 10.3. The summed E-state index contributed by atoms with van der Waals surface area (Å²) in [6.45, 7) is 0.447. The molecule has 0 unspecified atom stereocenters. The summed E-state index contributed by atoms with van der Waals surface area (Å²) in [7, 11) is 0. The van der Waals surface area contributed by atoms with Crippen molar-refractivity contribution in [2.75, 3.05) is 5.32 Å². The second kappa shape index (κ2) is 7.31. The number of para-hydroxylation sites is 1. The summed E-state index contributed by atoms with van der Waals surface area (Å²) in [4.78, 5) is 12.1. The van der Waals surface area contributed by atoms with Gasteiger partial charge in [-0.2, -0.15) is 11.3 Å². The topological polar surface area (TPSA) is 41.1 Å². The third-order valence-electron chi connectivity index (χ3n) is 3.41. The first-order valence-electron chi connectivity index (χ1n) is 7.14. The molecule has 116 valence electrons. The second-order valence-corrected chi connectivity index (χ2v) is 6.14. The number of urea groups is 1. The summed E-state index contributed by atoms with van der Waals surface area (Å²) >= 11 is 7.69. The molecule has 1 aromatic heterocycles. The largest absolute Gasteiger partial charge is 0.334 e. The third-order valence-corrected chi connectivity index (χ3v) is 4.42. The van der Waals surface area contributed by atoms with E-state index in [1.54, 1.807) is 23.5 Å². The van der Waals surface area contributed by atoms with E-state index >= 15 is 0 Å². The lowest BCUT2D eigenvalue weighted by atomic mass is 10.0. The van der Waals surface area contributed by atoms with Gasteiger partial charge in [0.05, 0.1) is 10.7 Å². The maximum atomic E-state index is 12.1. The van der Waals surface area contributed by atoms with Crippen LogP contribution in [0.25, 0.3) is 11.1 Å². The van der Waals surface area contributed by atoms with E-state index in [0.717, 1.165) is 11.1 Å². The fourth-order valence-electron chi connectivity index (χ4n) is 2.28. The zero-order valence-electron chi connectivity index (χ0n) is 12.3. The van der Waals surface area contributed by atoms with Crippen molar-refractivity contribution in [2.45, 2.75) is 6.54 Å². The van der Waals surface area contributed by atoms with E-state index in [0.29, 0.717) is 17.3 Å². The quantitative estimate of drug-likeness (QED) is 0.655. The summed E-state index contributed by atoms with van der Waals surface area (Å²) < 4.78 is 0. The van der Waals surface area contributed by atoms with Gasteiger partial charge < -0.3 is 10.6 Å². The van der Waals surface area contributed by atoms with Crippen molar-refractivity contribution < 1.29 is 4.79 Å². The van der Waals surface area contributed by atoms with Crippen LogP contribution in [0.2, 0.25) is 5.02 Å². The number of thiophene rings is 1. The Morgan fingerprint density at radius 3 is 2.61 bits per heavy atom. The third kappa shape index (κ3) is 3.92. The number of carbonyl (C=O) groups is 1. The maximum absolute atomic E-state index is 12.1. The number of halogens is 1. The van der Waals surface area contributed by atoms with Crippen LogP contribution in [0.15, 0.2) is 65.4 Å². The van der Waals surface area contributed by atoms with Gasteiger partial charge in [0.2, 0.25) is 0 Å². The molecule has 0 radical (unpaired) electrons. The Morgan fingerprint density at radius 1 is 1.04 bits per heavy atom. The van der Waals surface area contributed by atoms with Crippen molar-refractivity contribution in [1.82, 2.24) is 5.32 Å². The lowest BCUT2D eigenvalue weighted by Crippen LogP contribution is -2.28. The number of rotatable bonds is 4. The number of benzene rings is 2. The number of hydrogen-bond acceptors (Lipinski definition) is 2. The molecule has 5 heteroatoms. The molecule has 1 heterocycles. The molecule has 2 N–H and O–H groups in total.